The molecule has 0 aliphatic carbocycles. The van der Waals surface area contributed by atoms with Crippen LogP contribution < -0.4 is 0 Å². The summed E-state index contributed by atoms with van der Waals surface area (Å²) in [5.41, 5.74) is 0.382. The molecule has 0 atom stereocenters. The van der Waals surface area contributed by atoms with Crippen molar-refractivity contribution in [1.29, 1.82) is 0 Å². The van der Waals surface area contributed by atoms with Crippen LogP contribution in [0, 0.1) is 0 Å². The van der Waals surface area contributed by atoms with Gasteiger partial charge in [0.1, 0.15) is 0 Å². The van der Waals surface area contributed by atoms with E-state index in [1.54, 1.807) is 30.3 Å². The predicted octanol–water partition coefficient (Wildman–Crippen LogP) is 1.01. The van der Waals surface area contributed by atoms with Gasteiger partial charge in [-0.2, -0.15) is 0 Å². The van der Waals surface area contributed by atoms with Gasteiger partial charge in [-0.05, 0) is 12.1 Å². The van der Waals surface area contributed by atoms with Crippen molar-refractivity contribution in [2.45, 2.75) is 6.92 Å². The van der Waals surface area contributed by atoms with Crippen molar-refractivity contribution in [3.63, 3.8) is 0 Å². The topological polar surface area (TPSA) is 43.4 Å². The first-order valence-electron chi connectivity index (χ1n) is 3.48. The van der Waals surface area contributed by atoms with E-state index in [2.05, 4.69) is 4.74 Å². The standard InChI is InChI=1S/C9H8O3.Ca/c1-7(10)12-9(11)8-5-3-2-4-6-8;/h2-6H,1H3;. The molecule has 0 saturated heterocycles. The first-order valence-corrected chi connectivity index (χ1v) is 3.48. The van der Waals surface area contributed by atoms with Gasteiger partial charge in [-0.15, -0.1) is 0 Å². The van der Waals surface area contributed by atoms with Crippen molar-refractivity contribution >= 4 is 49.7 Å². The van der Waals surface area contributed by atoms with Gasteiger partial charge in [0, 0.05) is 44.7 Å². The monoisotopic (exact) mass is 204 g/mol. The zero-order valence-corrected chi connectivity index (χ0v) is 9.53. The molecule has 3 nitrogen and oxygen atoms in total. The Bertz CT molecular complexity index is 295. The molecule has 0 spiro atoms. The van der Waals surface area contributed by atoms with E-state index < -0.39 is 11.9 Å². The van der Waals surface area contributed by atoms with Crippen molar-refractivity contribution in [2.24, 2.45) is 0 Å². The Hall–Kier alpha value is -0.380. The second kappa shape index (κ2) is 6.13. The molecule has 0 saturated carbocycles. The Morgan fingerprint density at radius 1 is 1.15 bits per heavy atom. The summed E-state index contributed by atoms with van der Waals surface area (Å²) in [6, 6.07) is 8.37. The number of hydrogen-bond donors (Lipinski definition) is 0. The maximum Gasteiger partial charge on any atom is 0.345 e. The molecule has 1 aromatic carbocycles. The van der Waals surface area contributed by atoms with Crippen LogP contribution in [0.4, 0.5) is 0 Å². The molecule has 64 valence electrons. The molecular weight excluding hydrogens is 196 g/mol. The van der Waals surface area contributed by atoms with Crippen LogP contribution in [-0.4, -0.2) is 49.7 Å². The van der Waals surface area contributed by atoms with Gasteiger partial charge in [0.15, 0.2) is 0 Å². The molecule has 1 aromatic rings. The fourth-order valence-electron chi connectivity index (χ4n) is 0.764. The zero-order valence-electron chi connectivity index (χ0n) is 7.32. The van der Waals surface area contributed by atoms with E-state index in [1.165, 1.54) is 6.92 Å². The third kappa shape index (κ3) is 4.41. The minimum Gasteiger partial charge on any atom is -0.390 e. The summed E-state index contributed by atoms with van der Waals surface area (Å²) >= 11 is 0. The van der Waals surface area contributed by atoms with E-state index >= 15 is 0 Å². The van der Waals surface area contributed by atoms with Gasteiger partial charge in [0.05, 0.1) is 5.56 Å². The van der Waals surface area contributed by atoms with E-state index in [1.807, 2.05) is 0 Å². The Morgan fingerprint density at radius 2 is 1.69 bits per heavy atom. The molecular formula is C9H8CaO3. The van der Waals surface area contributed by atoms with E-state index in [-0.39, 0.29) is 37.7 Å². The Balaban J connectivity index is 0.00000144. The molecule has 0 aromatic heterocycles. The second-order valence-corrected chi connectivity index (χ2v) is 2.25. The number of benzene rings is 1. The Labute approximate surface area is 106 Å². The zero-order chi connectivity index (χ0) is 8.97. The van der Waals surface area contributed by atoms with Crippen LogP contribution >= 0.6 is 0 Å². The maximum atomic E-state index is 11.0. The molecule has 0 N–H and O–H groups in total. The molecule has 0 heterocycles. The number of ether oxygens (including phenoxy) is 1. The number of carbonyl (C=O) groups excluding carboxylic acids is 2. The fourth-order valence-corrected chi connectivity index (χ4v) is 0.764. The third-order valence-electron chi connectivity index (χ3n) is 1.25. The number of esters is 2. The van der Waals surface area contributed by atoms with Gasteiger partial charge >= 0.3 is 11.9 Å². The van der Waals surface area contributed by atoms with Gasteiger partial charge in [-0.3, -0.25) is 4.79 Å². The molecule has 0 aliphatic heterocycles. The van der Waals surface area contributed by atoms with Gasteiger partial charge in [-0.1, -0.05) is 18.2 Å². The van der Waals surface area contributed by atoms with Crippen LogP contribution in [0.15, 0.2) is 30.3 Å². The Kier molecular flexibility index (Phi) is 5.95. The summed E-state index contributed by atoms with van der Waals surface area (Å²) in [7, 11) is 0. The quantitative estimate of drug-likeness (QED) is 0.389. The van der Waals surface area contributed by atoms with E-state index in [0.29, 0.717) is 5.56 Å². The SMILES string of the molecule is CC(=O)OC(=O)c1ccccc1.[Ca]. The third-order valence-corrected chi connectivity index (χ3v) is 1.25. The van der Waals surface area contributed by atoms with Crippen LogP contribution in [0.3, 0.4) is 0 Å². The first kappa shape index (κ1) is 12.6. The number of hydrogen-bond acceptors (Lipinski definition) is 3. The minimum atomic E-state index is -0.608. The second-order valence-electron chi connectivity index (χ2n) is 2.25. The number of carbonyl (C=O) groups is 2. The summed E-state index contributed by atoms with van der Waals surface area (Å²) in [6.07, 6.45) is 0. The summed E-state index contributed by atoms with van der Waals surface area (Å²) in [5, 5.41) is 0. The van der Waals surface area contributed by atoms with Crippen LogP contribution in [0.5, 0.6) is 0 Å². The summed E-state index contributed by atoms with van der Waals surface area (Å²) in [5.74, 6) is -1.20. The van der Waals surface area contributed by atoms with Gasteiger partial charge in [0.25, 0.3) is 0 Å². The summed E-state index contributed by atoms with van der Waals surface area (Å²) in [4.78, 5) is 21.4. The van der Waals surface area contributed by atoms with Gasteiger partial charge in [0.2, 0.25) is 0 Å². The normalized spacial score (nSPS) is 8.38. The van der Waals surface area contributed by atoms with Crippen molar-refractivity contribution in [3.8, 4) is 0 Å². The summed E-state index contributed by atoms with van der Waals surface area (Å²) < 4.78 is 4.36. The van der Waals surface area contributed by atoms with Crippen molar-refractivity contribution in [3.05, 3.63) is 35.9 Å². The maximum absolute atomic E-state index is 11.0. The van der Waals surface area contributed by atoms with E-state index in [4.69, 9.17) is 0 Å². The molecule has 13 heavy (non-hydrogen) atoms. The van der Waals surface area contributed by atoms with Crippen LogP contribution in [-0.2, 0) is 9.53 Å². The average molecular weight is 204 g/mol. The molecule has 0 fully saturated rings. The number of rotatable bonds is 1. The largest absolute Gasteiger partial charge is 0.390 e. The average Bonchev–Trinajstić information content (AvgIpc) is 2.05. The molecule has 4 heteroatoms. The predicted molar refractivity (Wildman–Crippen MR) is 48.3 cm³/mol. The molecule has 0 aliphatic rings. The van der Waals surface area contributed by atoms with Crippen LogP contribution in [0.1, 0.15) is 17.3 Å². The smallest absolute Gasteiger partial charge is 0.345 e. The van der Waals surface area contributed by atoms with Crippen molar-refractivity contribution in [2.75, 3.05) is 0 Å². The van der Waals surface area contributed by atoms with Gasteiger partial charge in [-0.25, -0.2) is 4.79 Å². The minimum absolute atomic E-state index is 0. The first-order chi connectivity index (χ1) is 5.70. The van der Waals surface area contributed by atoms with Gasteiger partial charge < -0.3 is 4.74 Å². The molecule has 1 rings (SSSR count). The molecule has 0 amide bonds. The molecule has 2 radical (unpaired) electrons. The molecule has 0 unspecified atom stereocenters. The van der Waals surface area contributed by atoms with E-state index in [9.17, 15) is 9.59 Å². The summed E-state index contributed by atoms with van der Waals surface area (Å²) in [6.45, 7) is 1.20. The van der Waals surface area contributed by atoms with Crippen molar-refractivity contribution < 1.29 is 14.3 Å². The fraction of sp³-hybridized carbons (Fsp3) is 0.111. The van der Waals surface area contributed by atoms with E-state index in [0.717, 1.165) is 0 Å². The van der Waals surface area contributed by atoms with Crippen molar-refractivity contribution in [1.82, 2.24) is 0 Å². The Morgan fingerprint density at radius 3 is 2.15 bits per heavy atom. The molecule has 0 bridgehead atoms. The van der Waals surface area contributed by atoms with Crippen LogP contribution in [0.25, 0.3) is 0 Å². The van der Waals surface area contributed by atoms with Crippen LogP contribution in [0.2, 0.25) is 0 Å².